The van der Waals surface area contributed by atoms with Gasteiger partial charge in [0.1, 0.15) is 17.2 Å². The standard InChI is InChI=1S/C33H48O4/c1-4-6-7-8-9-10-27-11-13-28(14-12-27)25-36-31-19-21-32(22-20-31)37-33(34)29-15-17-30(18-16-29)35-24-23-26(3)5-2/h15-22,26-28H,4-14,23-25H2,1-3H3/t26-,27-,28-/m0/s1. The SMILES string of the molecule is CCCCCCC[C@H]1CC[C@H](COc2ccc(OC(=O)c3ccc(OCC[C@@H](C)CC)cc3)cc2)CC1. The number of rotatable bonds is 16. The van der Waals surface area contributed by atoms with Crippen molar-refractivity contribution in [3.63, 3.8) is 0 Å². The Morgan fingerprint density at radius 3 is 2.05 bits per heavy atom. The molecule has 0 heterocycles. The lowest BCUT2D eigenvalue weighted by molar-refractivity contribution is 0.0734. The van der Waals surface area contributed by atoms with E-state index in [1.165, 1.54) is 64.2 Å². The Labute approximate surface area is 225 Å². The lowest BCUT2D eigenvalue weighted by Gasteiger charge is -2.28. The molecule has 0 N–H and O–H groups in total. The van der Waals surface area contributed by atoms with Crippen LogP contribution in [0, 0.1) is 17.8 Å². The van der Waals surface area contributed by atoms with E-state index in [1.54, 1.807) is 24.3 Å². The first kappa shape index (κ1) is 29.1. The van der Waals surface area contributed by atoms with Crippen molar-refractivity contribution in [2.24, 2.45) is 17.8 Å². The molecule has 1 atom stereocenters. The van der Waals surface area contributed by atoms with Gasteiger partial charge >= 0.3 is 5.97 Å². The van der Waals surface area contributed by atoms with E-state index in [2.05, 4.69) is 20.8 Å². The molecule has 0 saturated heterocycles. The number of esters is 1. The van der Waals surface area contributed by atoms with Gasteiger partial charge in [0.05, 0.1) is 18.8 Å². The molecule has 1 aliphatic rings. The highest BCUT2D eigenvalue weighted by Gasteiger charge is 2.21. The maximum atomic E-state index is 12.5. The second-order valence-electron chi connectivity index (χ2n) is 10.9. The lowest BCUT2D eigenvalue weighted by Crippen LogP contribution is -2.20. The minimum Gasteiger partial charge on any atom is -0.494 e. The smallest absolute Gasteiger partial charge is 0.343 e. The van der Waals surface area contributed by atoms with Gasteiger partial charge in [0.25, 0.3) is 0 Å². The summed E-state index contributed by atoms with van der Waals surface area (Å²) in [6, 6.07) is 14.5. The molecule has 0 unspecified atom stereocenters. The Balaban J connectivity index is 1.33. The molecule has 37 heavy (non-hydrogen) atoms. The lowest BCUT2D eigenvalue weighted by atomic mass is 9.80. The molecule has 4 heteroatoms. The van der Waals surface area contributed by atoms with Crippen molar-refractivity contribution in [1.29, 1.82) is 0 Å². The molecular weight excluding hydrogens is 460 g/mol. The van der Waals surface area contributed by atoms with Crippen LogP contribution in [0.2, 0.25) is 0 Å². The van der Waals surface area contributed by atoms with Crippen LogP contribution < -0.4 is 14.2 Å². The second kappa shape index (κ2) is 16.4. The van der Waals surface area contributed by atoms with Crippen LogP contribution in [0.4, 0.5) is 0 Å². The van der Waals surface area contributed by atoms with Crippen LogP contribution in [0.1, 0.15) is 108 Å². The van der Waals surface area contributed by atoms with Gasteiger partial charge in [-0.2, -0.15) is 0 Å². The van der Waals surface area contributed by atoms with E-state index in [-0.39, 0.29) is 5.97 Å². The van der Waals surface area contributed by atoms with Crippen molar-refractivity contribution in [1.82, 2.24) is 0 Å². The minimum atomic E-state index is -0.373. The largest absolute Gasteiger partial charge is 0.494 e. The van der Waals surface area contributed by atoms with Gasteiger partial charge in [0, 0.05) is 0 Å². The van der Waals surface area contributed by atoms with Gasteiger partial charge < -0.3 is 14.2 Å². The van der Waals surface area contributed by atoms with Crippen molar-refractivity contribution < 1.29 is 19.0 Å². The van der Waals surface area contributed by atoms with Gasteiger partial charge in [-0.05, 0) is 85.5 Å². The number of carbonyl (C=O) groups is 1. The van der Waals surface area contributed by atoms with E-state index in [0.29, 0.717) is 29.8 Å². The van der Waals surface area contributed by atoms with Crippen LogP contribution in [0.25, 0.3) is 0 Å². The third kappa shape index (κ3) is 10.8. The first-order valence-corrected chi connectivity index (χ1v) is 14.7. The van der Waals surface area contributed by atoms with Crippen molar-refractivity contribution in [2.75, 3.05) is 13.2 Å². The van der Waals surface area contributed by atoms with Gasteiger partial charge in [0.15, 0.2) is 0 Å². The third-order valence-electron chi connectivity index (χ3n) is 7.87. The second-order valence-corrected chi connectivity index (χ2v) is 10.9. The van der Waals surface area contributed by atoms with E-state index < -0.39 is 0 Å². The Kier molecular flexibility index (Phi) is 12.9. The zero-order valence-corrected chi connectivity index (χ0v) is 23.4. The van der Waals surface area contributed by atoms with Crippen LogP contribution in [0.15, 0.2) is 48.5 Å². The molecule has 0 bridgehead atoms. The Hall–Kier alpha value is -2.49. The summed E-state index contributed by atoms with van der Waals surface area (Å²) in [5.74, 6) is 3.98. The molecule has 2 aromatic carbocycles. The molecule has 1 saturated carbocycles. The van der Waals surface area contributed by atoms with Crippen LogP contribution >= 0.6 is 0 Å². The predicted molar refractivity (Wildman–Crippen MR) is 152 cm³/mol. The number of ether oxygens (including phenoxy) is 3. The zero-order chi connectivity index (χ0) is 26.3. The van der Waals surface area contributed by atoms with E-state index in [4.69, 9.17) is 14.2 Å². The molecule has 0 radical (unpaired) electrons. The molecule has 4 nitrogen and oxygen atoms in total. The predicted octanol–water partition coefficient (Wildman–Crippen LogP) is 9.27. The minimum absolute atomic E-state index is 0.373. The molecule has 1 fully saturated rings. The molecular formula is C33H48O4. The van der Waals surface area contributed by atoms with Crippen molar-refractivity contribution in [3.8, 4) is 17.2 Å². The van der Waals surface area contributed by atoms with E-state index in [0.717, 1.165) is 36.9 Å². The number of hydrogen-bond acceptors (Lipinski definition) is 4. The number of benzene rings is 2. The van der Waals surface area contributed by atoms with Gasteiger partial charge in [-0.25, -0.2) is 4.79 Å². The summed E-state index contributed by atoms with van der Waals surface area (Å²) in [4.78, 5) is 12.5. The maximum absolute atomic E-state index is 12.5. The quantitative estimate of drug-likeness (QED) is 0.129. The average Bonchev–Trinajstić information content (AvgIpc) is 2.93. The Morgan fingerprint density at radius 2 is 1.38 bits per heavy atom. The van der Waals surface area contributed by atoms with Gasteiger partial charge in [0.2, 0.25) is 0 Å². The molecule has 0 aromatic heterocycles. The first-order chi connectivity index (χ1) is 18.1. The summed E-state index contributed by atoms with van der Waals surface area (Å²) in [6.07, 6.45) is 15.8. The zero-order valence-electron chi connectivity index (χ0n) is 23.4. The van der Waals surface area contributed by atoms with E-state index in [1.807, 2.05) is 24.3 Å². The summed E-state index contributed by atoms with van der Waals surface area (Å²) in [6.45, 7) is 8.15. The van der Waals surface area contributed by atoms with E-state index in [9.17, 15) is 4.79 Å². The van der Waals surface area contributed by atoms with E-state index >= 15 is 0 Å². The fraction of sp³-hybridized carbons (Fsp3) is 0.606. The van der Waals surface area contributed by atoms with Crippen LogP contribution in [-0.2, 0) is 0 Å². The highest BCUT2D eigenvalue weighted by atomic mass is 16.5. The number of unbranched alkanes of at least 4 members (excludes halogenated alkanes) is 4. The van der Waals surface area contributed by atoms with Crippen LogP contribution in [0.5, 0.6) is 17.2 Å². The van der Waals surface area contributed by atoms with Crippen LogP contribution in [0.3, 0.4) is 0 Å². The van der Waals surface area contributed by atoms with Gasteiger partial charge in [-0.1, -0.05) is 78.6 Å². The molecule has 0 amide bonds. The Bertz CT molecular complexity index is 882. The average molecular weight is 509 g/mol. The molecule has 2 aromatic rings. The van der Waals surface area contributed by atoms with Crippen molar-refractivity contribution >= 4 is 5.97 Å². The highest BCUT2D eigenvalue weighted by molar-refractivity contribution is 5.91. The van der Waals surface area contributed by atoms with Crippen molar-refractivity contribution in [3.05, 3.63) is 54.1 Å². The van der Waals surface area contributed by atoms with Crippen molar-refractivity contribution in [2.45, 2.75) is 97.8 Å². The fourth-order valence-corrected chi connectivity index (χ4v) is 4.98. The monoisotopic (exact) mass is 508 g/mol. The fourth-order valence-electron chi connectivity index (χ4n) is 4.98. The highest BCUT2D eigenvalue weighted by Crippen LogP contribution is 2.32. The summed E-state index contributed by atoms with van der Waals surface area (Å²) < 4.78 is 17.4. The van der Waals surface area contributed by atoms with Crippen LogP contribution in [-0.4, -0.2) is 19.2 Å². The first-order valence-electron chi connectivity index (χ1n) is 14.7. The van der Waals surface area contributed by atoms with Gasteiger partial charge in [-0.3, -0.25) is 0 Å². The summed E-state index contributed by atoms with van der Waals surface area (Å²) in [5, 5.41) is 0. The third-order valence-corrected chi connectivity index (χ3v) is 7.87. The number of carbonyl (C=O) groups excluding carboxylic acids is 1. The number of hydrogen-bond donors (Lipinski definition) is 0. The molecule has 0 spiro atoms. The Morgan fingerprint density at radius 1 is 0.784 bits per heavy atom. The molecule has 3 rings (SSSR count). The maximum Gasteiger partial charge on any atom is 0.343 e. The van der Waals surface area contributed by atoms with Gasteiger partial charge in [-0.15, -0.1) is 0 Å². The normalized spacial score (nSPS) is 18.2. The summed E-state index contributed by atoms with van der Waals surface area (Å²) in [7, 11) is 0. The topological polar surface area (TPSA) is 44.8 Å². The molecule has 204 valence electrons. The molecule has 1 aliphatic carbocycles. The summed E-state index contributed by atoms with van der Waals surface area (Å²) in [5.41, 5.74) is 0.506. The summed E-state index contributed by atoms with van der Waals surface area (Å²) >= 11 is 0. The molecule has 0 aliphatic heterocycles.